The third kappa shape index (κ3) is 3.85. The maximum Gasteiger partial charge on any atom is 0.261 e. The maximum absolute atomic E-state index is 12.6. The van der Waals surface area contributed by atoms with Crippen LogP contribution in [0.1, 0.15) is 17.2 Å². The standard InChI is InChI=1S/C22H18BrN5O2/c1-12-8-15(24-2)10-17-20(12)28-21(27-17)19-16(6-7-25-22(19)30)26-11-18(29)13-4-3-5-14(23)9-13/h3-10,18,29H,11H2,1H3,(H,27,28)(H2,25,26,30). The fourth-order valence-corrected chi connectivity index (χ4v) is 3.77. The van der Waals surface area contributed by atoms with Crippen LogP contribution in [0.25, 0.3) is 27.3 Å². The molecule has 0 radical (unpaired) electrons. The molecule has 0 spiro atoms. The molecule has 150 valence electrons. The number of aromatic nitrogens is 3. The summed E-state index contributed by atoms with van der Waals surface area (Å²) in [5.41, 5.74) is 4.11. The minimum atomic E-state index is -0.756. The van der Waals surface area contributed by atoms with Crippen molar-refractivity contribution in [3.05, 3.63) is 86.0 Å². The molecule has 0 bridgehead atoms. The van der Waals surface area contributed by atoms with Crippen molar-refractivity contribution in [2.24, 2.45) is 0 Å². The summed E-state index contributed by atoms with van der Waals surface area (Å²) in [6, 6.07) is 12.6. The van der Waals surface area contributed by atoms with Crippen LogP contribution >= 0.6 is 15.9 Å². The predicted octanol–water partition coefficient (Wildman–Crippen LogP) is 4.69. The number of aromatic amines is 2. The van der Waals surface area contributed by atoms with Crippen LogP contribution < -0.4 is 10.9 Å². The van der Waals surface area contributed by atoms with Crippen molar-refractivity contribution in [2.75, 3.05) is 11.9 Å². The third-order valence-electron chi connectivity index (χ3n) is 4.81. The van der Waals surface area contributed by atoms with Gasteiger partial charge in [0.1, 0.15) is 11.4 Å². The molecule has 4 aromatic rings. The lowest BCUT2D eigenvalue weighted by molar-refractivity contribution is 0.191. The molecular weight excluding hydrogens is 446 g/mol. The average Bonchev–Trinajstić information content (AvgIpc) is 3.16. The molecule has 8 heteroatoms. The minimum absolute atomic E-state index is 0.216. The zero-order valence-electron chi connectivity index (χ0n) is 16.0. The summed E-state index contributed by atoms with van der Waals surface area (Å²) in [5, 5.41) is 13.7. The number of H-pyrrole nitrogens is 2. The number of aliphatic hydroxyl groups is 1. The molecule has 2 aromatic heterocycles. The lowest BCUT2D eigenvalue weighted by Gasteiger charge is -2.15. The fraction of sp³-hybridized carbons (Fsp3) is 0.136. The van der Waals surface area contributed by atoms with E-state index in [-0.39, 0.29) is 12.1 Å². The highest BCUT2D eigenvalue weighted by Crippen LogP contribution is 2.29. The van der Waals surface area contributed by atoms with Crippen LogP contribution in [-0.4, -0.2) is 26.6 Å². The van der Waals surface area contributed by atoms with Gasteiger partial charge in [-0.05, 0) is 42.3 Å². The van der Waals surface area contributed by atoms with Crippen molar-refractivity contribution in [2.45, 2.75) is 13.0 Å². The first-order valence-electron chi connectivity index (χ1n) is 9.23. The number of nitrogens with zero attached hydrogens (tertiary/aromatic N) is 2. The van der Waals surface area contributed by atoms with E-state index in [4.69, 9.17) is 6.57 Å². The van der Waals surface area contributed by atoms with Gasteiger partial charge in [-0.2, -0.15) is 0 Å². The Balaban J connectivity index is 1.69. The Bertz CT molecular complexity index is 1340. The van der Waals surface area contributed by atoms with Crippen molar-refractivity contribution in [3.8, 4) is 11.4 Å². The molecular formula is C22H18BrN5O2. The lowest BCUT2D eigenvalue weighted by Crippen LogP contribution is -2.17. The van der Waals surface area contributed by atoms with E-state index in [0.717, 1.165) is 15.6 Å². The molecule has 1 unspecified atom stereocenters. The van der Waals surface area contributed by atoms with E-state index < -0.39 is 6.10 Å². The molecule has 1 atom stereocenters. The number of hydrogen-bond acceptors (Lipinski definition) is 4. The van der Waals surface area contributed by atoms with Crippen molar-refractivity contribution in [3.63, 3.8) is 0 Å². The van der Waals surface area contributed by atoms with Crippen molar-refractivity contribution < 1.29 is 5.11 Å². The summed E-state index contributed by atoms with van der Waals surface area (Å²) in [4.78, 5) is 26.5. The number of halogens is 1. The number of fused-ring (bicyclic) bond motifs is 1. The number of benzene rings is 2. The van der Waals surface area contributed by atoms with Gasteiger partial charge in [-0.1, -0.05) is 34.1 Å². The van der Waals surface area contributed by atoms with Crippen molar-refractivity contribution >= 4 is 38.3 Å². The van der Waals surface area contributed by atoms with Crippen LogP contribution in [0.2, 0.25) is 0 Å². The number of pyridine rings is 1. The first-order chi connectivity index (χ1) is 14.5. The quantitative estimate of drug-likeness (QED) is 0.322. The van der Waals surface area contributed by atoms with Crippen LogP contribution in [0, 0.1) is 13.5 Å². The van der Waals surface area contributed by atoms with Crippen LogP contribution in [-0.2, 0) is 0 Å². The Kier molecular flexibility index (Phi) is 5.40. The fourth-order valence-electron chi connectivity index (χ4n) is 3.35. The van der Waals surface area contributed by atoms with E-state index in [0.29, 0.717) is 33.8 Å². The Morgan fingerprint density at radius 1 is 1.30 bits per heavy atom. The average molecular weight is 464 g/mol. The number of rotatable bonds is 5. The second-order valence-electron chi connectivity index (χ2n) is 6.90. The number of anilines is 1. The lowest BCUT2D eigenvalue weighted by atomic mass is 10.1. The highest BCUT2D eigenvalue weighted by molar-refractivity contribution is 9.10. The highest BCUT2D eigenvalue weighted by Gasteiger charge is 2.17. The van der Waals surface area contributed by atoms with Gasteiger partial charge in [0.2, 0.25) is 0 Å². The molecule has 4 N–H and O–H groups in total. The van der Waals surface area contributed by atoms with Crippen LogP contribution in [0.15, 0.2) is 57.9 Å². The molecule has 0 fully saturated rings. The van der Waals surface area contributed by atoms with Gasteiger partial charge < -0.3 is 20.4 Å². The van der Waals surface area contributed by atoms with E-state index in [1.54, 1.807) is 24.4 Å². The van der Waals surface area contributed by atoms with Gasteiger partial charge in [0, 0.05) is 17.2 Å². The monoisotopic (exact) mass is 463 g/mol. The van der Waals surface area contributed by atoms with Crippen LogP contribution in [0.3, 0.4) is 0 Å². The number of imidazole rings is 1. The first kappa shape index (κ1) is 19.9. The summed E-state index contributed by atoms with van der Waals surface area (Å²) in [6.45, 7) is 9.33. The number of aliphatic hydroxyl groups excluding tert-OH is 1. The van der Waals surface area contributed by atoms with E-state index in [9.17, 15) is 9.90 Å². The van der Waals surface area contributed by atoms with Crippen LogP contribution in [0.4, 0.5) is 11.4 Å². The summed E-state index contributed by atoms with van der Waals surface area (Å²) in [7, 11) is 0. The van der Waals surface area contributed by atoms with Gasteiger partial charge in [0.05, 0.1) is 29.4 Å². The Hall–Kier alpha value is -3.41. The largest absolute Gasteiger partial charge is 0.387 e. The smallest absolute Gasteiger partial charge is 0.261 e. The van der Waals surface area contributed by atoms with E-state index >= 15 is 0 Å². The zero-order valence-corrected chi connectivity index (χ0v) is 17.6. The molecule has 4 rings (SSSR count). The first-order valence-corrected chi connectivity index (χ1v) is 10.0. The van der Waals surface area contributed by atoms with Gasteiger partial charge in [0.25, 0.3) is 5.56 Å². The molecule has 0 amide bonds. The molecule has 0 aliphatic carbocycles. The Morgan fingerprint density at radius 3 is 2.90 bits per heavy atom. The molecule has 30 heavy (non-hydrogen) atoms. The molecule has 0 saturated heterocycles. The van der Waals surface area contributed by atoms with Gasteiger partial charge >= 0.3 is 0 Å². The van der Waals surface area contributed by atoms with Crippen LogP contribution in [0.5, 0.6) is 0 Å². The normalized spacial score (nSPS) is 11.9. The van der Waals surface area contributed by atoms with Gasteiger partial charge in [-0.25, -0.2) is 9.83 Å². The SMILES string of the molecule is [C-]#[N+]c1cc(C)c2nc(-c3c(NCC(O)c4cccc(Br)c4)cc[nH]c3=O)[nH]c2c1. The summed E-state index contributed by atoms with van der Waals surface area (Å²) in [5.74, 6) is 0.400. The predicted molar refractivity (Wildman–Crippen MR) is 121 cm³/mol. The number of nitrogens with one attached hydrogen (secondary N) is 3. The van der Waals surface area contributed by atoms with Gasteiger partial charge in [-0.15, -0.1) is 0 Å². The number of aryl methyl sites for hydroxylation is 1. The maximum atomic E-state index is 12.6. The second-order valence-corrected chi connectivity index (χ2v) is 7.82. The Morgan fingerprint density at radius 2 is 2.13 bits per heavy atom. The van der Waals surface area contributed by atoms with E-state index in [1.165, 1.54) is 0 Å². The van der Waals surface area contributed by atoms with Gasteiger partial charge in [-0.3, -0.25) is 4.79 Å². The molecule has 2 heterocycles. The minimum Gasteiger partial charge on any atom is -0.387 e. The Labute approximate surface area is 180 Å². The second kappa shape index (κ2) is 8.14. The molecule has 0 aliphatic rings. The summed E-state index contributed by atoms with van der Waals surface area (Å²) in [6.07, 6.45) is 0.791. The van der Waals surface area contributed by atoms with Crippen molar-refractivity contribution in [1.29, 1.82) is 0 Å². The van der Waals surface area contributed by atoms with Gasteiger partial charge in [0.15, 0.2) is 5.69 Å². The van der Waals surface area contributed by atoms with E-state index in [2.05, 4.69) is 41.0 Å². The summed E-state index contributed by atoms with van der Waals surface area (Å²) < 4.78 is 0.882. The molecule has 0 saturated carbocycles. The molecule has 0 aliphatic heterocycles. The topological polar surface area (TPSA) is 98.2 Å². The third-order valence-corrected chi connectivity index (χ3v) is 5.30. The zero-order chi connectivity index (χ0) is 21.3. The van der Waals surface area contributed by atoms with E-state index in [1.807, 2.05) is 31.2 Å². The number of hydrogen-bond donors (Lipinski definition) is 4. The highest BCUT2D eigenvalue weighted by atomic mass is 79.9. The summed E-state index contributed by atoms with van der Waals surface area (Å²) >= 11 is 3.40. The van der Waals surface area contributed by atoms with Crippen molar-refractivity contribution in [1.82, 2.24) is 15.0 Å². The molecule has 2 aromatic carbocycles. The molecule has 7 nitrogen and oxygen atoms in total.